The Bertz CT molecular complexity index is 106. The van der Waals surface area contributed by atoms with E-state index in [0.717, 1.165) is 18.0 Å². The van der Waals surface area contributed by atoms with Gasteiger partial charge in [-0.05, 0) is 6.42 Å². The molecule has 0 unspecified atom stereocenters. The molecule has 0 rings (SSSR count). The average molecular weight is 146 g/mol. The Hall–Kier alpha value is -0.810. The lowest BCUT2D eigenvalue weighted by Crippen LogP contribution is -2.42. The molecule has 0 radical (unpaired) electrons. The van der Waals surface area contributed by atoms with Crippen LogP contribution in [0.15, 0.2) is 0 Å². The summed E-state index contributed by atoms with van der Waals surface area (Å²) < 4.78 is 0. The minimum absolute atomic E-state index is 0.281. The molecule has 5 N–H and O–H groups in total. The Morgan fingerprint density at radius 2 is 2.30 bits per heavy atom. The normalized spacial score (nSPS) is 9.40. The number of nitrogens with zero attached hydrogens (tertiary/aromatic N) is 1. The van der Waals surface area contributed by atoms with E-state index in [1.54, 1.807) is 0 Å². The van der Waals surface area contributed by atoms with Crippen molar-refractivity contribution in [1.82, 2.24) is 5.17 Å². The van der Waals surface area contributed by atoms with Gasteiger partial charge in [0.1, 0.15) is 0 Å². The summed E-state index contributed by atoms with van der Waals surface area (Å²) in [6.45, 7) is 2.55. The van der Waals surface area contributed by atoms with Crippen LogP contribution in [0.1, 0.15) is 19.8 Å². The van der Waals surface area contributed by atoms with Crippen LogP contribution >= 0.6 is 0 Å². The summed E-state index contributed by atoms with van der Waals surface area (Å²) in [5, 5.41) is 7.55. The van der Waals surface area contributed by atoms with Gasteiger partial charge in [-0.15, -0.1) is 0 Å². The lowest BCUT2D eigenvalue weighted by atomic mass is 10.4. The minimum Gasteiger partial charge on any atom is -0.367 e. The number of nitrogens with two attached hydrogens (primary N) is 2. The molecule has 0 aliphatic heterocycles. The van der Waals surface area contributed by atoms with E-state index in [9.17, 15) is 0 Å². The Kier molecular flexibility index (Phi) is 4.61. The molecule has 0 amide bonds. The fraction of sp³-hybridized carbons (Fsp3) is 0.800. The molecule has 5 heteroatoms. The van der Waals surface area contributed by atoms with E-state index >= 15 is 0 Å². The van der Waals surface area contributed by atoms with Crippen LogP contribution in [0.4, 0.5) is 0 Å². The molecule has 5 nitrogen and oxygen atoms in total. The fourth-order valence-corrected chi connectivity index (χ4v) is 0.377. The van der Waals surface area contributed by atoms with Gasteiger partial charge >= 0.3 is 0 Å². The van der Waals surface area contributed by atoms with E-state index in [2.05, 4.69) is 0 Å². The van der Waals surface area contributed by atoms with Gasteiger partial charge in [0, 0.05) is 0 Å². The van der Waals surface area contributed by atoms with Crippen LogP contribution in [0.5, 0.6) is 0 Å². The van der Waals surface area contributed by atoms with Crippen LogP contribution < -0.4 is 11.6 Å². The summed E-state index contributed by atoms with van der Waals surface area (Å²) in [7, 11) is 0. The van der Waals surface area contributed by atoms with E-state index in [1.165, 1.54) is 0 Å². The molecule has 0 saturated carbocycles. The second kappa shape index (κ2) is 5.01. The van der Waals surface area contributed by atoms with E-state index in [1.807, 2.05) is 6.92 Å². The standard InChI is InChI=1S/C5H14N4O/c1-2-3-4-10-9(8)5(6)7/h2-4,8H2,1H3,(H3,6,7). The number of hydrazine groups is 1. The van der Waals surface area contributed by atoms with Crippen LogP contribution in [0.25, 0.3) is 0 Å². The van der Waals surface area contributed by atoms with Gasteiger partial charge in [0.25, 0.3) is 0 Å². The number of hydrogen-bond acceptors (Lipinski definition) is 3. The van der Waals surface area contributed by atoms with Crippen molar-refractivity contribution < 1.29 is 4.84 Å². The third kappa shape index (κ3) is 4.11. The largest absolute Gasteiger partial charge is 0.367 e. The second-order valence-electron chi connectivity index (χ2n) is 1.90. The van der Waals surface area contributed by atoms with Crippen molar-refractivity contribution in [1.29, 1.82) is 5.41 Å². The highest BCUT2D eigenvalue weighted by molar-refractivity contribution is 5.72. The predicted octanol–water partition coefficient (Wildman–Crippen LogP) is -0.213. The smallest absolute Gasteiger partial charge is 0.228 e. The number of nitrogens with one attached hydrogen (secondary N) is 1. The fourth-order valence-electron chi connectivity index (χ4n) is 0.377. The van der Waals surface area contributed by atoms with Crippen LogP contribution in [-0.4, -0.2) is 17.7 Å². The summed E-state index contributed by atoms with van der Waals surface area (Å²) >= 11 is 0. The zero-order valence-corrected chi connectivity index (χ0v) is 6.13. The number of hydrogen-bond donors (Lipinski definition) is 3. The number of rotatable bonds is 4. The Morgan fingerprint density at radius 3 is 2.70 bits per heavy atom. The van der Waals surface area contributed by atoms with Crippen molar-refractivity contribution in [3.05, 3.63) is 0 Å². The summed E-state index contributed by atoms with van der Waals surface area (Å²) in [5.74, 6) is 4.84. The highest BCUT2D eigenvalue weighted by Gasteiger charge is 1.97. The molecule has 0 aromatic heterocycles. The molecule has 0 aromatic carbocycles. The molecule has 0 saturated heterocycles. The first-order valence-corrected chi connectivity index (χ1v) is 3.20. The van der Waals surface area contributed by atoms with Crippen LogP contribution in [0.3, 0.4) is 0 Å². The zero-order valence-electron chi connectivity index (χ0n) is 6.13. The van der Waals surface area contributed by atoms with Gasteiger partial charge in [0.15, 0.2) is 0 Å². The summed E-state index contributed by atoms with van der Waals surface area (Å²) in [4.78, 5) is 4.81. The topological polar surface area (TPSA) is 88.4 Å². The SMILES string of the molecule is CCCCON(N)C(=N)N. The lowest BCUT2D eigenvalue weighted by Gasteiger charge is -2.14. The van der Waals surface area contributed by atoms with Crippen LogP contribution in [-0.2, 0) is 4.84 Å². The summed E-state index contributed by atoms with van der Waals surface area (Å²) in [6.07, 6.45) is 1.95. The first-order valence-electron chi connectivity index (χ1n) is 3.20. The first-order chi connectivity index (χ1) is 4.68. The van der Waals surface area contributed by atoms with Gasteiger partial charge in [-0.2, -0.15) is 5.17 Å². The van der Waals surface area contributed by atoms with Crippen molar-refractivity contribution >= 4 is 5.96 Å². The molecule has 0 fully saturated rings. The van der Waals surface area contributed by atoms with Crippen molar-refractivity contribution in [3.63, 3.8) is 0 Å². The molecule has 0 heterocycles. The van der Waals surface area contributed by atoms with Crippen molar-refractivity contribution in [3.8, 4) is 0 Å². The number of hydroxylamine groups is 1. The maximum atomic E-state index is 6.79. The molecule has 0 aliphatic carbocycles. The van der Waals surface area contributed by atoms with Gasteiger partial charge in [0.05, 0.1) is 6.61 Å². The van der Waals surface area contributed by atoms with Crippen LogP contribution in [0.2, 0.25) is 0 Å². The van der Waals surface area contributed by atoms with Gasteiger partial charge in [0.2, 0.25) is 5.96 Å². The van der Waals surface area contributed by atoms with E-state index in [0.29, 0.717) is 6.61 Å². The molecular formula is C5H14N4O. The molecule has 0 spiro atoms. The molecule has 10 heavy (non-hydrogen) atoms. The Balaban J connectivity index is 3.21. The molecule has 0 aliphatic rings. The summed E-state index contributed by atoms with van der Waals surface area (Å²) in [6, 6.07) is 0. The summed E-state index contributed by atoms with van der Waals surface area (Å²) in [5.41, 5.74) is 4.98. The van der Waals surface area contributed by atoms with E-state index in [-0.39, 0.29) is 5.96 Å². The first kappa shape index (κ1) is 9.19. The van der Waals surface area contributed by atoms with Crippen molar-refractivity contribution in [2.75, 3.05) is 6.61 Å². The molecule has 0 bridgehead atoms. The molecule has 0 atom stereocenters. The van der Waals surface area contributed by atoms with E-state index in [4.69, 9.17) is 21.8 Å². The van der Waals surface area contributed by atoms with Crippen LogP contribution in [0, 0.1) is 5.41 Å². The van der Waals surface area contributed by atoms with Crippen molar-refractivity contribution in [2.24, 2.45) is 11.6 Å². The van der Waals surface area contributed by atoms with Gasteiger partial charge in [-0.25, -0.2) is 5.84 Å². The maximum absolute atomic E-state index is 6.79. The Labute approximate surface area is 60.4 Å². The number of guanidine groups is 1. The zero-order chi connectivity index (χ0) is 7.98. The maximum Gasteiger partial charge on any atom is 0.228 e. The third-order valence-corrected chi connectivity index (χ3v) is 0.966. The monoisotopic (exact) mass is 146 g/mol. The average Bonchev–Trinajstić information content (AvgIpc) is 1.88. The predicted molar refractivity (Wildman–Crippen MR) is 38.8 cm³/mol. The molecular weight excluding hydrogens is 132 g/mol. The van der Waals surface area contributed by atoms with E-state index < -0.39 is 0 Å². The highest BCUT2D eigenvalue weighted by atomic mass is 16.7. The van der Waals surface area contributed by atoms with Crippen molar-refractivity contribution in [2.45, 2.75) is 19.8 Å². The molecule has 60 valence electrons. The quantitative estimate of drug-likeness (QED) is 0.168. The van der Waals surface area contributed by atoms with Gasteiger partial charge in [-0.3, -0.25) is 10.2 Å². The second-order valence-corrected chi connectivity index (χ2v) is 1.90. The minimum atomic E-state index is -0.281. The number of unbranched alkanes of at least 4 members (excludes halogenated alkanes) is 1. The Morgan fingerprint density at radius 1 is 1.70 bits per heavy atom. The molecule has 0 aromatic rings. The van der Waals surface area contributed by atoms with Gasteiger partial charge in [-0.1, -0.05) is 13.3 Å². The lowest BCUT2D eigenvalue weighted by molar-refractivity contribution is -0.104. The third-order valence-electron chi connectivity index (χ3n) is 0.966. The highest BCUT2D eigenvalue weighted by Crippen LogP contribution is 1.88. The van der Waals surface area contributed by atoms with Gasteiger partial charge < -0.3 is 5.73 Å².